The maximum Gasteiger partial charge on any atom is 0.255 e. The Kier molecular flexibility index (Phi) is 5.29. The summed E-state index contributed by atoms with van der Waals surface area (Å²) in [7, 11) is 3.84. The largest absolute Gasteiger partial charge is 0.493 e. The van der Waals surface area contributed by atoms with Gasteiger partial charge in [-0.25, -0.2) is 8.78 Å². The van der Waals surface area contributed by atoms with Crippen LogP contribution in [0, 0.1) is 11.8 Å². The fourth-order valence-electron chi connectivity index (χ4n) is 4.74. The van der Waals surface area contributed by atoms with Gasteiger partial charge in [0.15, 0.2) is 11.5 Å². The fourth-order valence-corrected chi connectivity index (χ4v) is 4.74. The molecule has 1 aromatic carbocycles. The van der Waals surface area contributed by atoms with E-state index in [0.717, 1.165) is 26.1 Å². The lowest BCUT2D eigenvalue weighted by atomic mass is 9.88. The molecule has 0 spiro atoms. The second-order valence-electron chi connectivity index (χ2n) is 9.16. The average molecular weight is 395 g/mol. The van der Waals surface area contributed by atoms with Crippen molar-refractivity contribution in [3.05, 3.63) is 23.3 Å². The Labute approximate surface area is 166 Å². The van der Waals surface area contributed by atoms with E-state index in [1.165, 1.54) is 17.5 Å². The van der Waals surface area contributed by atoms with Gasteiger partial charge in [-0.3, -0.25) is 4.90 Å². The average Bonchev–Trinajstić information content (AvgIpc) is 3.26. The van der Waals surface area contributed by atoms with Crippen LogP contribution in [0.4, 0.5) is 8.78 Å². The van der Waals surface area contributed by atoms with Crippen LogP contribution in [0.3, 0.4) is 0 Å². The first-order valence-electron chi connectivity index (χ1n) is 10.4. The molecule has 28 heavy (non-hydrogen) atoms. The summed E-state index contributed by atoms with van der Waals surface area (Å²) < 4.78 is 37.6. The number of rotatable bonds is 6. The van der Waals surface area contributed by atoms with Gasteiger partial charge < -0.3 is 14.4 Å². The van der Waals surface area contributed by atoms with Crippen LogP contribution < -0.4 is 9.47 Å². The number of fused-ring (bicyclic) bond motifs is 3. The minimum atomic E-state index is -2.55. The van der Waals surface area contributed by atoms with Crippen LogP contribution in [0.2, 0.25) is 0 Å². The molecule has 1 saturated carbocycles. The van der Waals surface area contributed by atoms with E-state index in [4.69, 9.17) is 9.47 Å². The molecule has 2 fully saturated rings. The van der Waals surface area contributed by atoms with E-state index in [-0.39, 0.29) is 13.0 Å². The maximum absolute atomic E-state index is 13.2. The number of ether oxygens (including phenoxy) is 2. The maximum atomic E-state index is 13.2. The predicted molar refractivity (Wildman–Crippen MR) is 105 cm³/mol. The molecule has 0 radical (unpaired) electrons. The van der Waals surface area contributed by atoms with Gasteiger partial charge in [-0.15, -0.1) is 0 Å². The normalized spacial score (nSPS) is 29.3. The highest BCUT2D eigenvalue weighted by Gasteiger charge is 2.57. The van der Waals surface area contributed by atoms with Crippen molar-refractivity contribution in [1.29, 1.82) is 0 Å². The summed E-state index contributed by atoms with van der Waals surface area (Å²) in [5.74, 6) is -1.27. The van der Waals surface area contributed by atoms with Crippen LogP contribution in [0.1, 0.15) is 43.9 Å². The molecule has 156 valence electrons. The summed E-state index contributed by atoms with van der Waals surface area (Å²) in [6.07, 6.45) is 2.11. The molecule has 0 amide bonds. The van der Waals surface area contributed by atoms with E-state index in [9.17, 15) is 8.78 Å². The Morgan fingerprint density at radius 2 is 1.96 bits per heavy atom. The van der Waals surface area contributed by atoms with Gasteiger partial charge in [-0.1, -0.05) is 13.8 Å². The molecule has 0 N–H and O–H groups in total. The standard InChI is InChI=1S/C22H32F2N2O2/c1-14(2)7-17-11-26-6-5-15-8-21(28-13-16-10-22(16,23)24)20(27-4)9-18(15)19(26)12-25(17)3/h8-9,14,16-17,19H,5-7,10-13H2,1-4H3/t16?,17-,19?/m1/s1. The van der Waals surface area contributed by atoms with Gasteiger partial charge in [-0.2, -0.15) is 0 Å². The van der Waals surface area contributed by atoms with Gasteiger partial charge in [0.25, 0.3) is 5.92 Å². The van der Waals surface area contributed by atoms with Gasteiger partial charge in [0, 0.05) is 38.1 Å². The number of alkyl halides is 2. The van der Waals surface area contributed by atoms with Crippen LogP contribution in [0.15, 0.2) is 12.1 Å². The third kappa shape index (κ3) is 3.86. The third-order valence-electron chi connectivity index (χ3n) is 6.56. The van der Waals surface area contributed by atoms with E-state index in [0.29, 0.717) is 29.5 Å². The zero-order valence-electron chi connectivity index (χ0n) is 17.4. The zero-order valence-corrected chi connectivity index (χ0v) is 17.4. The van der Waals surface area contributed by atoms with Crippen molar-refractivity contribution in [3.63, 3.8) is 0 Å². The molecule has 1 aliphatic carbocycles. The van der Waals surface area contributed by atoms with E-state index < -0.39 is 11.8 Å². The van der Waals surface area contributed by atoms with E-state index >= 15 is 0 Å². The van der Waals surface area contributed by atoms with Crippen molar-refractivity contribution in [2.45, 2.75) is 51.1 Å². The van der Waals surface area contributed by atoms with E-state index in [1.54, 1.807) is 7.11 Å². The number of benzene rings is 1. The molecule has 0 aromatic heterocycles. The Morgan fingerprint density at radius 3 is 2.61 bits per heavy atom. The number of nitrogens with zero attached hydrogens (tertiary/aromatic N) is 2. The van der Waals surface area contributed by atoms with Crippen LogP contribution in [-0.4, -0.2) is 62.2 Å². The molecule has 2 unspecified atom stereocenters. The number of hydrogen-bond acceptors (Lipinski definition) is 4. The fraction of sp³-hybridized carbons (Fsp3) is 0.727. The SMILES string of the molecule is COc1cc2c(cc1OCC1CC1(F)F)CCN1C[C@@H](CC(C)C)N(C)CC21. The lowest BCUT2D eigenvalue weighted by molar-refractivity contribution is 0.0294. The predicted octanol–water partition coefficient (Wildman–Crippen LogP) is 3.99. The van der Waals surface area contributed by atoms with Crippen molar-refractivity contribution in [2.24, 2.45) is 11.8 Å². The van der Waals surface area contributed by atoms with Crippen molar-refractivity contribution in [2.75, 3.05) is 40.4 Å². The summed E-state index contributed by atoms with van der Waals surface area (Å²) in [6, 6.07) is 5.05. The molecule has 0 bridgehead atoms. The lowest BCUT2D eigenvalue weighted by Gasteiger charge is -2.48. The minimum Gasteiger partial charge on any atom is -0.493 e. The Balaban J connectivity index is 1.52. The Hall–Kier alpha value is -1.40. The van der Waals surface area contributed by atoms with Crippen molar-refractivity contribution < 1.29 is 18.3 Å². The molecule has 6 heteroatoms. The summed E-state index contributed by atoms with van der Waals surface area (Å²) in [6.45, 7) is 7.76. The summed E-state index contributed by atoms with van der Waals surface area (Å²) in [5.41, 5.74) is 2.55. The summed E-state index contributed by atoms with van der Waals surface area (Å²) >= 11 is 0. The molecular formula is C22H32F2N2O2. The Bertz CT molecular complexity index is 725. The van der Waals surface area contributed by atoms with Gasteiger partial charge in [0.2, 0.25) is 0 Å². The molecular weight excluding hydrogens is 362 g/mol. The molecule has 3 atom stereocenters. The van der Waals surface area contributed by atoms with E-state index in [1.807, 2.05) is 6.07 Å². The van der Waals surface area contributed by atoms with Crippen LogP contribution >= 0.6 is 0 Å². The number of hydrogen-bond donors (Lipinski definition) is 0. The second kappa shape index (κ2) is 7.45. The van der Waals surface area contributed by atoms with Gasteiger partial charge in [0.1, 0.15) is 0 Å². The first-order chi connectivity index (χ1) is 13.3. The first kappa shape index (κ1) is 19.9. The highest BCUT2D eigenvalue weighted by molar-refractivity contribution is 5.50. The molecule has 2 heterocycles. The third-order valence-corrected chi connectivity index (χ3v) is 6.56. The molecule has 2 aliphatic heterocycles. The van der Waals surface area contributed by atoms with Crippen molar-refractivity contribution in [1.82, 2.24) is 9.80 Å². The van der Waals surface area contributed by atoms with Crippen molar-refractivity contribution >= 4 is 0 Å². The molecule has 1 saturated heterocycles. The Morgan fingerprint density at radius 1 is 1.21 bits per heavy atom. The summed E-state index contributed by atoms with van der Waals surface area (Å²) in [4.78, 5) is 5.09. The molecule has 3 aliphatic rings. The molecule has 1 aromatic rings. The van der Waals surface area contributed by atoms with Gasteiger partial charge >= 0.3 is 0 Å². The minimum absolute atomic E-state index is 0.0529. The van der Waals surface area contributed by atoms with Crippen LogP contribution in [-0.2, 0) is 6.42 Å². The number of methoxy groups -OCH3 is 1. The molecule has 4 nitrogen and oxygen atoms in total. The topological polar surface area (TPSA) is 24.9 Å². The lowest BCUT2D eigenvalue weighted by Crippen LogP contribution is -2.55. The quantitative estimate of drug-likeness (QED) is 0.728. The highest BCUT2D eigenvalue weighted by atomic mass is 19.3. The smallest absolute Gasteiger partial charge is 0.255 e. The number of piperazine rings is 1. The molecule has 4 rings (SSSR count). The summed E-state index contributed by atoms with van der Waals surface area (Å²) in [5, 5.41) is 0. The number of halogens is 2. The second-order valence-corrected chi connectivity index (χ2v) is 9.16. The van der Waals surface area contributed by atoms with E-state index in [2.05, 4.69) is 36.8 Å². The first-order valence-corrected chi connectivity index (χ1v) is 10.4. The zero-order chi connectivity index (χ0) is 20.1. The van der Waals surface area contributed by atoms with Gasteiger partial charge in [0.05, 0.1) is 19.6 Å². The van der Waals surface area contributed by atoms with Gasteiger partial charge in [-0.05, 0) is 49.1 Å². The van der Waals surface area contributed by atoms with Crippen LogP contribution in [0.5, 0.6) is 11.5 Å². The monoisotopic (exact) mass is 394 g/mol. The van der Waals surface area contributed by atoms with Crippen LogP contribution in [0.25, 0.3) is 0 Å². The van der Waals surface area contributed by atoms with Crippen molar-refractivity contribution in [3.8, 4) is 11.5 Å². The number of likely N-dealkylation sites (N-methyl/N-ethyl adjacent to an activating group) is 1. The highest BCUT2D eigenvalue weighted by Crippen LogP contribution is 2.49.